The van der Waals surface area contributed by atoms with Crippen molar-refractivity contribution in [1.82, 2.24) is 19.9 Å². The van der Waals surface area contributed by atoms with Crippen LogP contribution in [0, 0.1) is 5.82 Å². The molecule has 1 saturated carbocycles. The van der Waals surface area contributed by atoms with Gasteiger partial charge >= 0.3 is 0 Å². The van der Waals surface area contributed by atoms with Gasteiger partial charge in [-0.15, -0.1) is 0 Å². The molecule has 0 atom stereocenters. The average molecular weight is 669 g/mol. The van der Waals surface area contributed by atoms with E-state index in [2.05, 4.69) is 20.5 Å². The van der Waals surface area contributed by atoms with E-state index in [4.69, 9.17) is 24.2 Å². The van der Waals surface area contributed by atoms with Gasteiger partial charge in [0.2, 0.25) is 5.95 Å². The summed E-state index contributed by atoms with van der Waals surface area (Å²) >= 11 is 1.51. The van der Waals surface area contributed by atoms with Crippen LogP contribution in [0.25, 0.3) is 21.8 Å². The average Bonchev–Trinajstić information content (AvgIpc) is 3.76. The Morgan fingerprint density at radius 1 is 1.00 bits per heavy atom. The van der Waals surface area contributed by atoms with Crippen molar-refractivity contribution >= 4 is 37.9 Å². The number of hydrogen-bond acceptors (Lipinski definition) is 12. The largest absolute Gasteiger partial charge is 0.497 e. The molecule has 46 heavy (non-hydrogen) atoms. The molecule has 6 rings (SSSR count). The van der Waals surface area contributed by atoms with Gasteiger partial charge in [-0.05, 0) is 56.0 Å². The summed E-state index contributed by atoms with van der Waals surface area (Å²) in [5.74, 6) is 1.43. The Kier molecular flexibility index (Phi) is 9.57. The number of piperidine rings is 1. The molecule has 0 spiro atoms. The molecule has 0 unspecified atom stereocenters. The number of anilines is 3. The zero-order valence-electron chi connectivity index (χ0n) is 26.0. The molecule has 0 bridgehead atoms. The van der Waals surface area contributed by atoms with E-state index in [0.29, 0.717) is 67.3 Å². The second kappa shape index (κ2) is 13.8. The number of hydrogen-bond donors (Lipinski definition) is 2. The van der Waals surface area contributed by atoms with Gasteiger partial charge < -0.3 is 29.7 Å². The summed E-state index contributed by atoms with van der Waals surface area (Å²) in [5.41, 5.74) is 2.72. The van der Waals surface area contributed by atoms with Crippen molar-refractivity contribution in [3.05, 3.63) is 54.5 Å². The van der Waals surface area contributed by atoms with Gasteiger partial charge in [-0.2, -0.15) is 0 Å². The quantitative estimate of drug-likeness (QED) is 0.184. The predicted octanol–water partition coefficient (Wildman–Crippen LogP) is 5.63. The third kappa shape index (κ3) is 8.22. The summed E-state index contributed by atoms with van der Waals surface area (Å²) in [7, 11) is 0.217. The van der Waals surface area contributed by atoms with Crippen LogP contribution in [0.3, 0.4) is 0 Å². The lowest BCUT2D eigenvalue weighted by molar-refractivity contribution is 0.100. The number of halogens is 1. The minimum Gasteiger partial charge on any atom is -0.497 e. The second-order valence-electron chi connectivity index (χ2n) is 11.5. The monoisotopic (exact) mass is 668 g/mol. The Balaban J connectivity index is 1.16. The number of nitrogens with one attached hydrogen (secondary N) is 2. The molecule has 2 N–H and O–H groups in total. The van der Waals surface area contributed by atoms with Crippen molar-refractivity contribution in [2.24, 2.45) is 0 Å². The summed E-state index contributed by atoms with van der Waals surface area (Å²) in [6, 6.07) is 12.6. The first-order chi connectivity index (χ1) is 22.2. The predicted molar refractivity (Wildman–Crippen MR) is 178 cm³/mol. The molecule has 14 heteroatoms. The van der Waals surface area contributed by atoms with E-state index < -0.39 is 15.7 Å². The van der Waals surface area contributed by atoms with E-state index in [1.165, 1.54) is 23.7 Å². The van der Waals surface area contributed by atoms with E-state index in [-0.39, 0.29) is 17.6 Å². The van der Waals surface area contributed by atoms with Crippen LogP contribution in [0.4, 0.5) is 21.2 Å². The third-order valence-electron chi connectivity index (χ3n) is 7.84. The molecule has 0 radical (unpaired) electrons. The molecular formula is C32H37FN6O5S2. The lowest BCUT2D eigenvalue weighted by atomic mass is 10.1. The van der Waals surface area contributed by atoms with Crippen LogP contribution in [0.1, 0.15) is 25.7 Å². The first-order valence-electron chi connectivity index (χ1n) is 15.1. The van der Waals surface area contributed by atoms with Crippen molar-refractivity contribution < 1.29 is 27.0 Å². The molecule has 2 aliphatic rings. The Bertz CT molecular complexity index is 1770. The summed E-state index contributed by atoms with van der Waals surface area (Å²) in [5, 5.41) is 7.41. The van der Waals surface area contributed by atoms with Crippen LogP contribution < -0.4 is 24.8 Å². The second-order valence-corrected chi connectivity index (χ2v) is 14.8. The van der Waals surface area contributed by atoms with Gasteiger partial charge in [0.25, 0.3) is 0 Å². The minimum absolute atomic E-state index is 0.135. The van der Waals surface area contributed by atoms with Crippen LogP contribution in [-0.2, 0) is 9.84 Å². The van der Waals surface area contributed by atoms with Crippen molar-refractivity contribution in [3.63, 3.8) is 0 Å². The van der Waals surface area contributed by atoms with Crippen LogP contribution >= 0.6 is 11.3 Å². The number of thiazole rings is 1. The van der Waals surface area contributed by atoms with Crippen LogP contribution in [0.15, 0.2) is 48.7 Å². The van der Waals surface area contributed by atoms with Gasteiger partial charge in [0.05, 0.1) is 36.2 Å². The molecule has 2 aromatic heterocycles. The highest BCUT2D eigenvalue weighted by atomic mass is 32.2. The Morgan fingerprint density at radius 3 is 2.39 bits per heavy atom. The fourth-order valence-electron chi connectivity index (χ4n) is 5.17. The molecule has 2 aromatic carbocycles. The highest BCUT2D eigenvalue weighted by molar-refractivity contribution is 7.90. The van der Waals surface area contributed by atoms with Crippen molar-refractivity contribution in [1.29, 1.82) is 0 Å². The first kappa shape index (κ1) is 32.0. The number of benzene rings is 2. The maximum atomic E-state index is 15.1. The SMILES string of the molecule is COc1cc(OC)cc(-c2nc(NC3CC3)sc2-c2ccnc(Nc3ccc(OC4CCN(CCS(C)(=O)=O)CC4)c(F)c3)n2)c1. The third-order valence-corrected chi connectivity index (χ3v) is 9.77. The Labute approximate surface area is 272 Å². The normalized spacial score (nSPS) is 15.8. The highest BCUT2D eigenvalue weighted by Crippen LogP contribution is 2.42. The number of ether oxygens (including phenoxy) is 3. The van der Waals surface area contributed by atoms with Crippen LogP contribution in [0.2, 0.25) is 0 Å². The standard InChI is InChI=1S/C32H37FN6O5S2/c1-42-24-16-20(17-25(19-24)43-2)29-30(45-32(38-29)36-21-4-5-21)27-8-11-34-31(37-27)35-22-6-7-28(26(33)18-22)44-23-9-12-39(13-10-23)14-15-46(3,40)41/h6-8,11,16-19,21,23H,4-5,9-10,12-15H2,1-3H3,(H,36,38)(H,34,35,37). The van der Waals surface area contributed by atoms with Gasteiger partial charge in [-0.1, -0.05) is 11.3 Å². The molecule has 3 heterocycles. The lowest BCUT2D eigenvalue weighted by Gasteiger charge is -2.32. The topological polar surface area (TPSA) is 128 Å². The maximum absolute atomic E-state index is 15.1. The van der Waals surface area contributed by atoms with Crippen molar-refractivity contribution in [2.45, 2.75) is 37.8 Å². The van der Waals surface area contributed by atoms with E-state index in [0.717, 1.165) is 34.1 Å². The molecule has 4 aromatic rings. The highest BCUT2D eigenvalue weighted by Gasteiger charge is 2.25. The molecule has 244 valence electrons. The smallest absolute Gasteiger partial charge is 0.227 e. The van der Waals surface area contributed by atoms with E-state index in [1.807, 2.05) is 24.3 Å². The molecule has 1 aliphatic carbocycles. The number of nitrogens with zero attached hydrogens (tertiary/aromatic N) is 4. The van der Waals surface area contributed by atoms with Crippen LogP contribution in [0.5, 0.6) is 17.2 Å². The molecule has 1 saturated heterocycles. The van der Waals surface area contributed by atoms with E-state index >= 15 is 4.39 Å². The lowest BCUT2D eigenvalue weighted by Crippen LogP contribution is -2.40. The molecule has 2 fully saturated rings. The Morgan fingerprint density at radius 2 is 1.74 bits per heavy atom. The fraction of sp³-hybridized carbons (Fsp3) is 0.406. The molecular weight excluding hydrogens is 632 g/mol. The Hall–Kier alpha value is -4.01. The zero-order chi connectivity index (χ0) is 32.3. The first-order valence-corrected chi connectivity index (χ1v) is 18.0. The van der Waals surface area contributed by atoms with E-state index in [9.17, 15) is 8.42 Å². The van der Waals surface area contributed by atoms with Gasteiger partial charge in [0.15, 0.2) is 16.7 Å². The number of aromatic nitrogens is 3. The fourth-order valence-corrected chi connectivity index (χ4v) is 6.80. The molecule has 1 aliphatic heterocycles. The number of methoxy groups -OCH3 is 2. The van der Waals surface area contributed by atoms with Gasteiger partial charge in [-0.25, -0.2) is 27.8 Å². The van der Waals surface area contributed by atoms with Crippen molar-refractivity contribution in [3.8, 4) is 39.1 Å². The maximum Gasteiger partial charge on any atom is 0.227 e. The van der Waals surface area contributed by atoms with Gasteiger partial charge in [-0.3, -0.25) is 0 Å². The number of sulfone groups is 1. The minimum atomic E-state index is -3.00. The summed E-state index contributed by atoms with van der Waals surface area (Å²) < 4.78 is 55.0. The summed E-state index contributed by atoms with van der Waals surface area (Å²) in [6.45, 7) is 1.92. The number of rotatable bonds is 13. The molecule has 0 amide bonds. The number of likely N-dealkylation sites (tertiary alicyclic amines) is 1. The van der Waals surface area contributed by atoms with Crippen LogP contribution in [-0.4, -0.2) is 86.3 Å². The zero-order valence-corrected chi connectivity index (χ0v) is 27.6. The van der Waals surface area contributed by atoms with Crippen molar-refractivity contribution in [2.75, 3.05) is 56.5 Å². The van der Waals surface area contributed by atoms with E-state index in [1.54, 1.807) is 32.5 Å². The summed E-state index contributed by atoms with van der Waals surface area (Å²) in [6.07, 6.45) is 6.39. The molecule has 11 nitrogen and oxygen atoms in total. The van der Waals surface area contributed by atoms with Gasteiger partial charge in [0, 0.05) is 61.5 Å². The summed E-state index contributed by atoms with van der Waals surface area (Å²) in [4.78, 5) is 17.0. The van der Waals surface area contributed by atoms with Gasteiger partial charge in [0.1, 0.15) is 27.4 Å².